The van der Waals surface area contributed by atoms with Crippen molar-refractivity contribution in [2.45, 2.75) is 0 Å². The normalized spacial score (nSPS) is 10.4. The molecule has 4 aromatic carbocycles. The summed E-state index contributed by atoms with van der Waals surface area (Å²) in [6.45, 7) is 0. The van der Waals surface area contributed by atoms with Gasteiger partial charge in [0.25, 0.3) is 11.8 Å². The molecule has 0 atom stereocenters. The van der Waals surface area contributed by atoms with Gasteiger partial charge in [0.15, 0.2) is 0 Å². The first-order valence-corrected chi connectivity index (χ1v) is 9.48. The minimum atomic E-state index is -0.273. The van der Waals surface area contributed by atoms with Gasteiger partial charge in [-0.2, -0.15) is 0 Å². The lowest BCUT2D eigenvalue weighted by atomic mass is 10.1. The fourth-order valence-corrected chi connectivity index (χ4v) is 3.16. The van der Waals surface area contributed by atoms with Crippen molar-refractivity contribution in [2.24, 2.45) is 0 Å². The number of ether oxygens (including phenoxy) is 1. The summed E-state index contributed by atoms with van der Waals surface area (Å²) < 4.78 is 5.12. The van der Waals surface area contributed by atoms with Gasteiger partial charge in [0.05, 0.1) is 18.5 Å². The molecular weight excluding hydrogens is 376 g/mol. The van der Waals surface area contributed by atoms with E-state index in [0.29, 0.717) is 28.3 Å². The van der Waals surface area contributed by atoms with Crippen LogP contribution in [0.25, 0.3) is 10.8 Å². The molecule has 0 aromatic heterocycles. The number of amides is 2. The Morgan fingerprint density at radius 2 is 1.17 bits per heavy atom. The Bertz CT molecular complexity index is 1220. The van der Waals surface area contributed by atoms with Crippen molar-refractivity contribution in [3.8, 4) is 5.75 Å². The van der Waals surface area contributed by atoms with Crippen LogP contribution in [-0.2, 0) is 0 Å². The van der Waals surface area contributed by atoms with Gasteiger partial charge in [-0.15, -0.1) is 0 Å². The standard InChI is InChI=1S/C25H20N2O3/c1-30-21-14-12-18(13-15-21)24(28)26-22-8-4-5-9-23(22)27-25(29)20-11-10-17-6-2-3-7-19(17)16-20/h2-16H,1H3,(H,26,28)(H,27,29). The lowest BCUT2D eigenvalue weighted by molar-refractivity contribution is 0.101. The Hall–Kier alpha value is -4.12. The third-order valence-electron chi connectivity index (χ3n) is 4.79. The minimum absolute atomic E-state index is 0.244. The number of para-hydroxylation sites is 2. The number of benzene rings is 4. The highest BCUT2D eigenvalue weighted by Gasteiger charge is 2.12. The van der Waals surface area contributed by atoms with Crippen molar-refractivity contribution in [1.82, 2.24) is 0 Å². The third-order valence-corrected chi connectivity index (χ3v) is 4.79. The van der Waals surface area contributed by atoms with Gasteiger partial charge in [0.1, 0.15) is 5.75 Å². The average Bonchev–Trinajstić information content (AvgIpc) is 2.80. The SMILES string of the molecule is COc1ccc(C(=O)Nc2ccccc2NC(=O)c2ccc3ccccc3c2)cc1. The highest BCUT2D eigenvalue weighted by molar-refractivity contribution is 6.10. The highest BCUT2D eigenvalue weighted by atomic mass is 16.5. The third kappa shape index (κ3) is 4.15. The molecule has 4 aromatic rings. The van der Waals surface area contributed by atoms with E-state index in [2.05, 4.69) is 10.6 Å². The molecule has 0 fully saturated rings. The monoisotopic (exact) mass is 396 g/mol. The summed E-state index contributed by atoms with van der Waals surface area (Å²) in [5, 5.41) is 7.81. The molecule has 0 aliphatic carbocycles. The van der Waals surface area contributed by atoms with Crippen molar-refractivity contribution >= 4 is 34.0 Å². The molecule has 0 aliphatic heterocycles. The number of hydrogen-bond donors (Lipinski definition) is 2. The number of methoxy groups -OCH3 is 1. The summed E-state index contributed by atoms with van der Waals surface area (Å²) in [4.78, 5) is 25.4. The van der Waals surface area contributed by atoms with Crippen molar-refractivity contribution in [3.63, 3.8) is 0 Å². The summed E-state index contributed by atoms with van der Waals surface area (Å²) in [6, 6.07) is 27.4. The number of nitrogens with one attached hydrogen (secondary N) is 2. The molecule has 0 heterocycles. The zero-order valence-corrected chi connectivity index (χ0v) is 16.4. The molecule has 148 valence electrons. The van der Waals surface area contributed by atoms with Gasteiger partial charge in [-0.25, -0.2) is 0 Å². The maximum Gasteiger partial charge on any atom is 0.255 e. The van der Waals surface area contributed by atoms with Crippen LogP contribution in [0.15, 0.2) is 91.0 Å². The molecule has 5 heteroatoms. The Balaban J connectivity index is 1.53. The molecule has 2 N–H and O–H groups in total. The van der Waals surface area contributed by atoms with Gasteiger partial charge in [0.2, 0.25) is 0 Å². The molecule has 0 unspecified atom stereocenters. The molecule has 0 aliphatic rings. The van der Waals surface area contributed by atoms with Crippen LogP contribution >= 0.6 is 0 Å². The van der Waals surface area contributed by atoms with Gasteiger partial charge < -0.3 is 15.4 Å². The average molecular weight is 396 g/mol. The summed E-state index contributed by atoms with van der Waals surface area (Å²) in [5.41, 5.74) is 2.08. The van der Waals surface area contributed by atoms with Gasteiger partial charge in [0, 0.05) is 11.1 Å². The van der Waals surface area contributed by atoms with Crippen LogP contribution in [0.5, 0.6) is 5.75 Å². The van der Waals surface area contributed by atoms with E-state index in [1.807, 2.05) is 36.4 Å². The van der Waals surface area contributed by atoms with Crippen LogP contribution in [0.2, 0.25) is 0 Å². The second-order valence-electron chi connectivity index (χ2n) is 6.74. The Kier molecular flexibility index (Phi) is 5.44. The Morgan fingerprint density at radius 3 is 1.80 bits per heavy atom. The van der Waals surface area contributed by atoms with Crippen molar-refractivity contribution in [1.29, 1.82) is 0 Å². The van der Waals surface area contributed by atoms with Crippen LogP contribution in [0.3, 0.4) is 0 Å². The fourth-order valence-electron chi connectivity index (χ4n) is 3.16. The quantitative estimate of drug-likeness (QED) is 0.478. The van der Waals surface area contributed by atoms with Gasteiger partial charge in [-0.3, -0.25) is 9.59 Å². The van der Waals surface area contributed by atoms with Crippen LogP contribution in [-0.4, -0.2) is 18.9 Å². The van der Waals surface area contributed by atoms with Crippen LogP contribution < -0.4 is 15.4 Å². The van der Waals surface area contributed by atoms with E-state index < -0.39 is 0 Å². The van der Waals surface area contributed by atoms with Gasteiger partial charge >= 0.3 is 0 Å². The second-order valence-corrected chi connectivity index (χ2v) is 6.74. The van der Waals surface area contributed by atoms with Gasteiger partial charge in [-0.05, 0) is 59.3 Å². The maximum atomic E-state index is 12.8. The molecule has 30 heavy (non-hydrogen) atoms. The summed E-state index contributed by atoms with van der Waals surface area (Å²) in [7, 11) is 1.57. The second kappa shape index (κ2) is 8.49. The molecule has 2 amide bonds. The first-order valence-electron chi connectivity index (χ1n) is 9.48. The first kappa shape index (κ1) is 19.2. The summed E-state index contributed by atoms with van der Waals surface area (Å²) in [6.07, 6.45) is 0. The highest BCUT2D eigenvalue weighted by Crippen LogP contribution is 2.24. The first-order chi connectivity index (χ1) is 14.6. The van der Waals surface area contributed by atoms with Crippen LogP contribution in [0.4, 0.5) is 11.4 Å². The Morgan fingerprint density at radius 1 is 0.633 bits per heavy atom. The molecule has 0 saturated heterocycles. The fraction of sp³-hybridized carbons (Fsp3) is 0.0400. The lowest BCUT2D eigenvalue weighted by Crippen LogP contribution is -2.16. The largest absolute Gasteiger partial charge is 0.497 e. The molecule has 0 bridgehead atoms. The van der Waals surface area contributed by atoms with E-state index in [9.17, 15) is 9.59 Å². The molecule has 0 spiro atoms. The smallest absolute Gasteiger partial charge is 0.255 e. The van der Waals surface area contributed by atoms with E-state index in [-0.39, 0.29) is 11.8 Å². The lowest BCUT2D eigenvalue weighted by Gasteiger charge is -2.13. The zero-order chi connectivity index (χ0) is 20.9. The number of fused-ring (bicyclic) bond motifs is 1. The Labute approximate surface area is 174 Å². The minimum Gasteiger partial charge on any atom is -0.497 e. The van der Waals surface area contributed by atoms with Crippen molar-refractivity contribution < 1.29 is 14.3 Å². The van der Waals surface area contributed by atoms with Crippen molar-refractivity contribution in [3.05, 3.63) is 102 Å². The molecular formula is C25H20N2O3. The zero-order valence-electron chi connectivity index (χ0n) is 16.4. The molecule has 5 nitrogen and oxygen atoms in total. The number of rotatable bonds is 5. The van der Waals surface area contributed by atoms with Crippen LogP contribution in [0, 0.1) is 0 Å². The number of carbonyl (C=O) groups is 2. The van der Waals surface area contributed by atoms with Crippen molar-refractivity contribution in [2.75, 3.05) is 17.7 Å². The summed E-state index contributed by atoms with van der Waals surface area (Å²) in [5.74, 6) is 0.159. The topological polar surface area (TPSA) is 67.4 Å². The van der Waals surface area contributed by atoms with E-state index >= 15 is 0 Å². The van der Waals surface area contributed by atoms with Gasteiger partial charge in [-0.1, -0.05) is 42.5 Å². The summed E-state index contributed by atoms with van der Waals surface area (Å²) >= 11 is 0. The number of carbonyl (C=O) groups excluding carboxylic acids is 2. The van der Waals surface area contributed by atoms with E-state index in [0.717, 1.165) is 10.8 Å². The predicted molar refractivity (Wildman–Crippen MR) is 119 cm³/mol. The molecule has 4 rings (SSSR count). The number of hydrogen-bond acceptors (Lipinski definition) is 3. The van der Waals surface area contributed by atoms with E-state index in [1.165, 1.54) is 0 Å². The van der Waals surface area contributed by atoms with Crippen LogP contribution in [0.1, 0.15) is 20.7 Å². The number of anilines is 2. The maximum absolute atomic E-state index is 12.8. The van der Waals surface area contributed by atoms with E-state index in [4.69, 9.17) is 4.74 Å². The molecule has 0 radical (unpaired) electrons. The van der Waals surface area contributed by atoms with E-state index in [1.54, 1.807) is 61.7 Å². The predicted octanol–water partition coefficient (Wildman–Crippen LogP) is 5.35. The molecule has 0 saturated carbocycles.